The van der Waals surface area contributed by atoms with Crippen LogP contribution in [0, 0.1) is 35.0 Å². The van der Waals surface area contributed by atoms with Crippen LogP contribution in [0.2, 0.25) is 0 Å². The zero-order valence-corrected chi connectivity index (χ0v) is 23.0. The van der Waals surface area contributed by atoms with Gasteiger partial charge >= 0.3 is 0 Å². The summed E-state index contributed by atoms with van der Waals surface area (Å²) >= 11 is 0. The van der Waals surface area contributed by atoms with Gasteiger partial charge in [0.1, 0.15) is 11.5 Å². The van der Waals surface area contributed by atoms with Crippen LogP contribution in [-0.2, 0) is 5.41 Å². The van der Waals surface area contributed by atoms with E-state index in [1.807, 2.05) is 24.3 Å². The van der Waals surface area contributed by atoms with Gasteiger partial charge in [0.15, 0.2) is 0 Å². The molecule has 0 radical (unpaired) electrons. The highest BCUT2D eigenvalue weighted by Gasteiger charge is 2.50. The number of nitrogen functional groups attached to an aromatic ring is 2. The van der Waals surface area contributed by atoms with Gasteiger partial charge in [0, 0.05) is 11.0 Å². The van der Waals surface area contributed by atoms with E-state index in [-0.39, 0.29) is 16.9 Å². The molecule has 0 aromatic heterocycles. The molecule has 6 N–H and O–H groups in total. The van der Waals surface area contributed by atoms with Crippen molar-refractivity contribution in [3.8, 4) is 34.5 Å². The molecule has 5 aliphatic carbocycles. The fraction of sp³-hybridized carbons (Fsp3) is 0.297. The van der Waals surface area contributed by atoms with Crippen LogP contribution in [0.4, 0.5) is 11.4 Å². The zero-order chi connectivity index (χ0) is 27.9. The number of aromatic hydroxyl groups is 2. The number of benzene rings is 4. The summed E-state index contributed by atoms with van der Waals surface area (Å²) in [6, 6.07) is 26.0. The van der Waals surface area contributed by atoms with E-state index in [2.05, 4.69) is 54.3 Å². The number of hydrogen-bond donors (Lipinski definition) is 4. The molecule has 4 bridgehead atoms. The molecule has 4 aromatic rings. The number of anilines is 2. The Morgan fingerprint density at radius 2 is 1.20 bits per heavy atom. The van der Waals surface area contributed by atoms with Gasteiger partial charge in [-0.3, -0.25) is 0 Å². The minimum Gasteiger partial charge on any atom is -0.506 e. The average molecular weight is 539 g/mol. The topological polar surface area (TPSA) is 92.5 Å². The molecule has 5 aliphatic rings. The van der Waals surface area contributed by atoms with Gasteiger partial charge in [0.25, 0.3) is 0 Å². The SMILES string of the molecule is Nc1cc(C2(c3ccc(O)c(N)c3)c3ccccc3-c3ccc(C#CC45CC6CC(CC(C6)C4)C5)cc32)ccc1O. The van der Waals surface area contributed by atoms with E-state index in [0.717, 1.165) is 56.7 Å². The molecule has 4 fully saturated rings. The minimum atomic E-state index is -0.756. The summed E-state index contributed by atoms with van der Waals surface area (Å²) in [4.78, 5) is 0. The maximum absolute atomic E-state index is 10.3. The van der Waals surface area contributed by atoms with Gasteiger partial charge in [-0.05, 0) is 126 Å². The summed E-state index contributed by atoms with van der Waals surface area (Å²) in [5.41, 5.74) is 20.0. The summed E-state index contributed by atoms with van der Waals surface area (Å²) in [7, 11) is 0. The second-order valence-corrected chi connectivity index (χ2v) is 13.1. The highest BCUT2D eigenvalue weighted by molar-refractivity contribution is 5.87. The third kappa shape index (κ3) is 3.55. The van der Waals surface area contributed by atoms with E-state index in [1.165, 1.54) is 38.5 Å². The number of nitrogens with two attached hydrogens (primary N) is 2. The van der Waals surface area contributed by atoms with Gasteiger partial charge in [0.2, 0.25) is 0 Å². The molecule has 4 aromatic carbocycles. The maximum Gasteiger partial charge on any atom is 0.138 e. The number of phenolic OH excluding ortho intramolecular Hbond substituents is 2. The van der Waals surface area contributed by atoms with E-state index in [1.54, 1.807) is 12.1 Å². The first-order chi connectivity index (χ1) is 19.8. The van der Waals surface area contributed by atoms with Crippen molar-refractivity contribution < 1.29 is 10.2 Å². The Morgan fingerprint density at radius 1 is 0.634 bits per heavy atom. The molecule has 0 aliphatic heterocycles. The zero-order valence-electron chi connectivity index (χ0n) is 23.0. The van der Waals surface area contributed by atoms with Gasteiger partial charge in [-0.25, -0.2) is 0 Å². The number of fused-ring (bicyclic) bond motifs is 3. The van der Waals surface area contributed by atoms with Crippen LogP contribution >= 0.6 is 0 Å². The highest BCUT2D eigenvalue weighted by Crippen LogP contribution is 2.60. The van der Waals surface area contributed by atoms with E-state index < -0.39 is 5.41 Å². The molecule has 204 valence electrons. The number of rotatable bonds is 2. The van der Waals surface area contributed by atoms with Crippen molar-refractivity contribution in [3.63, 3.8) is 0 Å². The van der Waals surface area contributed by atoms with Crippen molar-refractivity contribution in [2.24, 2.45) is 23.2 Å². The normalized spacial score (nSPS) is 26.2. The molecule has 4 nitrogen and oxygen atoms in total. The predicted molar refractivity (Wildman–Crippen MR) is 163 cm³/mol. The lowest BCUT2D eigenvalue weighted by Gasteiger charge is -2.54. The first-order valence-corrected chi connectivity index (χ1v) is 14.8. The fourth-order valence-corrected chi connectivity index (χ4v) is 9.19. The van der Waals surface area contributed by atoms with Crippen LogP contribution in [-0.4, -0.2) is 10.2 Å². The van der Waals surface area contributed by atoms with Gasteiger partial charge in [-0.1, -0.05) is 54.3 Å². The Labute approximate surface area is 241 Å². The van der Waals surface area contributed by atoms with E-state index in [0.29, 0.717) is 11.4 Å². The Morgan fingerprint density at radius 3 is 1.78 bits per heavy atom. The highest BCUT2D eigenvalue weighted by atomic mass is 16.3. The van der Waals surface area contributed by atoms with Crippen molar-refractivity contribution in [3.05, 3.63) is 107 Å². The van der Waals surface area contributed by atoms with Crippen LogP contribution in [0.5, 0.6) is 11.5 Å². The molecule has 0 atom stereocenters. The molecule has 4 saturated carbocycles. The predicted octanol–water partition coefficient (Wildman–Crippen LogP) is 7.19. The summed E-state index contributed by atoms with van der Waals surface area (Å²) in [6.07, 6.45) is 7.99. The lowest BCUT2D eigenvalue weighted by Crippen LogP contribution is -2.45. The molecular weight excluding hydrogens is 504 g/mol. The quantitative estimate of drug-likeness (QED) is 0.109. The maximum atomic E-state index is 10.3. The molecule has 9 rings (SSSR count). The summed E-state index contributed by atoms with van der Waals surface area (Å²) in [5.74, 6) is 10.2. The van der Waals surface area contributed by atoms with Crippen LogP contribution in [0.1, 0.15) is 66.3 Å². The molecule has 4 heteroatoms. The van der Waals surface area contributed by atoms with Gasteiger partial charge in [-0.2, -0.15) is 0 Å². The van der Waals surface area contributed by atoms with Crippen molar-refractivity contribution in [2.75, 3.05) is 11.5 Å². The third-order valence-corrected chi connectivity index (χ3v) is 10.5. The monoisotopic (exact) mass is 538 g/mol. The Kier molecular flexibility index (Phi) is 5.11. The molecule has 0 unspecified atom stereocenters. The average Bonchev–Trinajstić information content (AvgIpc) is 3.25. The Balaban J connectivity index is 1.35. The lowest BCUT2D eigenvalue weighted by molar-refractivity contribution is -0.0181. The third-order valence-electron chi connectivity index (χ3n) is 10.5. The van der Waals surface area contributed by atoms with Crippen molar-refractivity contribution in [1.82, 2.24) is 0 Å². The van der Waals surface area contributed by atoms with E-state index in [9.17, 15) is 10.2 Å². The molecule has 0 amide bonds. The number of phenols is 2. The standard InChI is InChI=1S/C37H34N2O2/c38-32-17-26(6-9-34(32)40)37(27-7-10-35(41)33(39)18-27)30-4-2-1-3-28(30)29-8-5-22(16-31(29)37)11-12-36-19-23-13-24(20-36)15-25(14-23)21-36/h1-10,16-18,23-25,40-41H,13-15,19-21,38-39H2. The van der Waals surface area contributed by atoms with Crippen molar-refractivity contribution in [1.29, 1.82) is 0 Å². The van der Waals surface area contributed by atoms with E-state index in [4.69, 9.17) is 11.5 Å². The van der Waals surface area contributed by atoms with Crippen LogP contribution in [0.15, 0.2) is 78.9 Å². The molecule has 0 spiro atoms. The second-order valence-electron chi connectivity index (χ2n) is 13.1. The number of hydrogen-bond acceptors (Lipinski definition) is 4. The van der Waals surface area contributed by atoms with Crippen LogP contribution in [0.3, 0.4) is 0 Å². The summed E-state index contributed by atoms with van der Waals surface area (Å²) < 4.78 is 0. The smallest absolute Gasteiger partial charge is 0.138 e. The first kappa shape index (κ1) is 24.4. The van der Waals surface area contributed by atoms with Crippen molar-refractivity contribution >= 4 is 11.4 Å². The second kappa shape index (κ2) is 8.57. The van der Waals surface area contributed by atoms with Gasteiger partial charge in [0.05, 0.1) is 16.8 Å². The van der Waals surface area contributed by atoms with Gasteiger partial charge < -0.3 is 21.7 Å². The molecular formula is C37H34N2O2. The molecule has 0 heterocycles. The van der Waals surface area contributed by atoms with Crippen LogP contribution in [0.25, 0.3) is 11.1 Å². The lowest BCUT2D eigenvalue weighted by atomic mass is 9.50. The molecule has 41 heavy (non-hydrogen) atoms. The fourth-order valence-electron chi connectivity index (χ4n) is 9.19. The van der Waals surface area contributed by atoms with E-state index >= 15 is 0 Å². The van der Waals surface area contributed by atoms with Crippen molar-refractivity contribution in [2.45, 2.75) is 43.9 Å². The Hall–Kier alpha value is -4.36. The Bertz CT molecular complexity index is 1710. The summed E-state index contributed by atoms with van der Waals surface area (Å²) in [6.45, 7) is 0. The largest absolute Gasteiger partial charge is 0.506 e. The minimum absolute atomic E-state index is 0.0517. The molecule has 0 saturated heterocycles. The first-order valence-electron chi connectivity index (χ1n) is 14.8. The summed E-state index contributed by atoms with van der Waals surface area (Å²) in [5, 5.41) is 20.7. The van der Waals surface area contributed by atoms with Crippen LogP contribution < -0.4 is 11.5 Å². The van der Waals surface area contributed by atoms with Gasteiger partial charge in [-0.15, -0.1) is 0 Å².